The number of hydrogen-bond donors (Lipinski definition) is 1. The second-order valence-electron chi connectivity index (χ2n) is 4.21. The summed E-state index contributed by atoms with van der Waals surface area (Å²) in [6.07, 6.45) is 0.769. The van der Waals surface area contributed by atoms with Crippen LogP contribution < -0.4 is 5.32 Å². The molecule has 0 radical (unpaired) electrons. The topological polar surface area (TPSA) is 32.3 Å². The van der Waals surface area contributed by atoms with Gasteiger partial charge in [-0.3, -0.25) is 4.79 Å². The SMILES string of the molecule is Cc1ccc(NC2CCN(C)C2=O)cc1F. The molecule has 2 rings (SSSR count). The van der Waals surface area contributed by atoms with Crippen molar-refractivity contribution in [1.82, 2.24) is 4.90 Å². The predicted octanol–water partition coefficient (Wildman–Crippen LogP) is 1.78. The first-order chi connectivity index (χ1) is 7.58. The minimum Gasteiger partial charge on any atom is -0.374 e. The molecule has 1 atom stereocenters. The molecule has 0 spiro atoms. The van der Waals surface area contributed by atoms with Crippen LogP contribution in [0.4, 0.5) is 10.1 Å². The molecule has 1 aromatic carbocycles. The van der Waals surface area contributed by atoms with E-state index in [2.05, 4.69) is 5.32 Å². The number of nitrogens with zero attached hydrogens (tertiary/aromatic N) is 1. The molecule has 1 aliphatic rings. The van der Waals surface area contributed by atoms with Crippen LogP contribution in [-0.2, 0) is 4.79 Å². The van der Waals surface area contributed by atoms with Gasteiger partial charge in [-0.2, -0.15) is 0 Å². The molecule has 86 valence electrons. The Balaban J connectivity index is 2.10. The zero-order valence-corrected chi connectivity index (χ0v) is 9.46. The molecule has 1 saturated heterocycles. The lowest BCUT2D eigenvalue weighted by Crippen LogP contribution is -2.30. The second-order valence-corrected chi connectivity index (χ2v) is 4.21. The standard InChI is InChI=1S/C12H15FN2O/c1-8-3-4-9(7-10(8)13)14-11-5-6-15(2)12(11)16/h3-4,7,11,14H,5-6H2,1-2H3. The predicted molar refractivity (Wildman–Crippen MR) is 60.8 cm³/mol. The van der Waals surface area contributed by atoms with E-state index < -0.39 is 0 Å². The summed E-state index contributed by atoms with van der Waals surface area (Å²) < 4.78 is 13.3. The number of benzene rings is 1. The van der Waals surface area contributed by atoms with Gasteiger partial charge in [0.2, 0.25) is 5.91 Å². The monoisotopic (exact) mass is 222 g/mol. The molecule has 0 aromatic heterocycles. The van der Waals surface area contributed by atoms with Gasteiger partial charge < -0.3 is 10.2 Å². The van der Waals surface area contributed by atoms with E-state index in [1.165, 1.54) is 6.07 Å². The molecule has 4 heteroatoms. The zero-order chi connectivity index (χ0) is 11.7. The Morgan fingerprint density at radius 3 is 2.81 bits per heavy atom. The fourth-order valence-corrected chi connectivity index (χ4v) is 1.84. The number of halogens is 1. The number of rotatable bonds is 2. The minimum atomic E-state index is -0.246. The molecule has 0 aliphatic carbocycles. The summed E-state index contributed by atoms with van der Waals surface area (Å²) >= 11 is 0. The fraction of sp³-hybridized carbons (Fsp3) is 0.417. The van der Waals surface area contributed by atoms with Gasteiger partial charge in [-0.25, -0.2) is 4.39 Å². The van der Waals surface area contributed by atoms with Crippen molar-refractivity contribution in [2.75, 3.05) is 18.9 Å². The quantitative estimate of drug-likeness (QED) is 0.827. The molecule has 1 N–H and O–H groups in total. The average molecular weight is 222 g/mol. The highest BCUT2D eigenvalue weighted by Gasteiger charge is 2.28. The number of nitrogens with one attached hydrogen (secondary N) is 1. The van der Waals surface area contributed by atoms with Crippen LogP contribution >= 0.6 is 0 Å². The molecule has 1 aliphatic heterocycles. The number of hydrogen-bond acceptors (Lipinski definition) is 2. The van der Waals surface area contributed by atoms with E-state index in [-0.39, 0.29) is 17.8 Å². The molecule has 0 bridgehead atoms. The highest BCUT2D eigenvalue weighted by molar-refractivity contribution is 5.86. The molecule has 1 unspecified atom stereocenters. The van der Waals surface area contributed by atoms with Gasteiger partial charge in [0, 0.05) is 19.3 Å². The molecule has 16 heavy (non-hydrogen) atoms. The summed E-state index contributed by atoms with van der Waals surface area (Å²) in [6, 6.07) is 4.72. The van der Waals surface area contributed by atoms with Gasteiger partial charge in [-0.15, -0.1) is 0 Å². The number of amides is 1. The summed E-state index contributed by atoms with van der Waals surface area (Å²) in [5.74, 6) is -0.176. The van der Waals surface area contributed by atoms with Gasteiger partial charge in [0.1, 0.15) is 11.9 Å². The first kappa shape index (κ1) is 10.9. The molecular formula is C12H15FN2O. The normalized spacial score (nSPS) is 20.3. The lowest BCUT2D eigenvalue weighted by molar-refractivity contribution is -0.127. The van der Waals surface area contributed by atoms with Crippen molar-refractivity contribution in [2.45, 2.75) is 19.4 Å². The number of likely N-dealkylation sites (tertiary alicyclic amines) is 1. The first-order valence-corrected chi connectivity index (χ1v) is 5.35. The van der Waals surface area contributed by atoms with E-state index >= 15 is 0 Å². The maximum atomic E-state index is 13.3. The summed E-state index contributed by atoms with van der Waals surface area (Å²) in [5.41, 5.74) is 1.28. The second kappa shape index (κ2) is 4.12. The lowest BCUT2D eigenvalue weighted by atomic mass is 10.2. The minimum absolute atomic E-state index is 0.0704. The van der Waals surface area contributed by atoms with Crippen LogP contribution in [0, 0.1) is 12.7 Å². The Labute approximate surface area is 94.3 Å². The van der Waals surface area contributed by atoms with Gasteiger partial charge in [-0.1, -0.05) is 6.07 Å². The third-order valence-electron chi connectivity index (χ3n) is 2.94. The van der Waals surface area contributed by atoms with Crippen LogP contribution in [0.1, 0.15) is 12.0 Å². The third kappa shape index (κ3) is 2.01. The van der Waals surface area contributed by atoms with E-state index in [4.69, 9.17) is 0 Å². The summed E-state index contributed by atoms with van der Waals surface area (Å²) in [5, 5.41) is 3.06. The van der Waals surface area contributed by atoms with E-state index in [9.17, 15) is 9.18 Å². The van der Waals surface area contributed by atoms with E-state index in [0.717, 1.165) is 13.0 Å². The van der Waals surface area contributed by atoms with E-state index in [1.807, 2.05) is 0 Å². The molecule has 1 heterocycles. The van der Waals surface area contributed by atoms with Crippen molar-refractivity contribution in [3.05, 3.63) is 29.6 Å². The Morgan fingerprint density at radius 2 is 2.25 bits per heavy atom. The van der Waals surface area contributed by atoms with Gasteiger partial charge in [-0.05, 0) is 31.0 Å². The van der Waals surface area contributed by atoms with Gasteiger partial charge in [0.15, 0.2) is 0 Å². The van der Waals surface area contributed by atoms with Crippen molar-refractivity contribution < 1.29 is 9.18 Å². The van der Waals surface area contributed by atoms with Gasteiger partial charge in [0.25, 0.3) is 0 Å². The molecular weight excluding hydrogens is 207 g/mol. The molecule has 1 fully saturated rings. The van der Waals surface area contributed by atoms with Crippen LogP contribution in [-0.4, -0.2) is 30.4 Å². The zero-order valence-electron chi connectivity index (χ0n) is 9.46. The van der Waals surface area contributed by atoms with Crippen molar-refractivity contribution in [3.8, 4) is 0 Å². The summed E-state index contributed by atoms with van der Waals surface area (Å²) in [7, 11) is 1.78. The first-order valence-electron chi connectivity index (χ1n) is 5.35. The maximum Gasteiger partial charge on any atom is 0.244 e. The summed E-state index contributed by atoms with van der Waals surface area (Å²) in [6.45, 7) is 2.47. The number of aryl methyl sites for hydroxylation is 1. The molecule has 3 nitrogen and oxygen atoms in total. The molecule has 0 saturated carbocycles. The Bertz CT molecular complexity index is 419. The van der Waals surface area contributed by atoms with Crippen molar-refractivity contribution in [2.24, 2.45) is 0 Å². The van der Waals surface area contributed by atoms with Crippen LogP contribution in [0.15, 0.2) is 18.2 Å². The van der Waals surface area contributed by atoms with Crippen LogP contribution in [0.3, 0.4) is 0 Å². The number of likely N-dealkylation sites (N-methyl/N-ethyl adjacent to an activating group) is 1. The Morgan fingerprint density at radius 1 is 1.50 bits per heavy atom. The van der Waals surface area contributed by atoms with Crippen molar-refractivity contribution in [3.63, 3.8) is 0 Å². The van der Waals surface area contributed by atoms with Crippen LogP contribution in [0.5, 0.6) is 0 Å². The molecule has 1 aromatic rings. The van der Waals surface area contributed by atoms with Crippen LogP contribution in [0.2, 0.25) is 0 Å². The van der Waals surface area contributed by atoms with Crippen LogP contribution in [0.25, 0.3) is 0 Å². The van der Waals surface area contributed by atoms with E-state index in [0.29, 0.717) is 11.3 Å². The van der Waals surface area contributed by atoms with E-state index in [1.54, 1.807) is 31.0 Å². The Kier molecular flexibility index (Phi) is 2.81. The average Bonchev–Trinajstić information content (AvgIpc) is 2.55. The summed E-state index contributed by atoms with van der Waals surface area (Å²) in [4.78, 5) is 13.3. The molecule has 1 amide bonds. The highest BCUT2D eigenvalue weighted by atomic mass is 19.1. The number of carbonyl (C=O) groups is 1. The Hall–Kier alpha value is -1.58. The largest absolute Gasteiger partial charge is 0.374 e. The van der Waals surface area contributed by atoms with Crippen molar-refractivity contribution in [1.29, 1.82) is 0 Å². The van der Waals surface area contributed by atoms with Crippen molar-refractivity contribution >= 4 is 11.6 Å². The van der Waals surface area contributed by atoms with Gasteiger partial charge in [0.05, 0.1) is 0 Å². The highest BCUT2D eigenvalue weighted by Crippen LogP contribution is 2.18. The maximum absolute atomic E-state index is 13.3. The lowest BCUT2D eigenvalue weighted by Gasteiger charge is -2.13. The number of carbonyl (C=O) groups excluding carboxylic acids is 1. The van der Waals surface area contributed by atoms with Gasteiger partial charge >= 0.3 is 0 Å². The third-order valence-corrected chi connectivity index (χ3v) is 2.94. The number of anilines is 1. The smallest absolute Gasteiger partial charge is 0.244 e. The fourth-order valence-electron chi connectivity index (χ4n) is 1.84.